The van der Waals surface area contributed by atoms with Crippen LogP contribution in [0.1, 0.15) is 10.4 Å². The molecule has 0 spiro atoms. The fourth-order valence-corrected chi connectivity index (χ4v) is 1.49. The van der Waals surface area contributed by atoms with E-state index in [1.54, 1.807) is 0 Å². The summed E-state index contributed by atoms with van der Waals surface area (Å²) in [5, 5.41) is 12.8. The van der Waals surface area contributed by atoms with E-state index in [9.17, 15) is 23.7 Å². The maximum atomic E-state index is 12.0. The number of nitro benzene ring substituents is 1. The first-order chi connectivity index (χ1) is 8.32. The van der Waals surface area contributed by atoms with Gasteiger partial charge >= 0.3 is 0 Å². The Morgan fingerprint density at radius 3 is 2.61 bits per heavy atom. The Morgan fingerprint density at radius 2 is 2.17 bits per heavy atom. The van der Waals surface area contributed by atoms with Crippen molar-refractivity contribution in [3.8, 4) is 0 Å². The predicted molar refractivity (Wildman–Crippen MR) is 61.1 cm³/mol. The van der Waals surface area contributed by atoms with Crippen molar-refractivity contribution in [1.82, 2.24) is 0 Å². The number of halogens is 3. The van der Waals surface area contributed by atoms with Gasteiger partial charge in [-0.3, -0.25) is 14.9 Å². The Labute approximate surface area is 105 Å². The highest BCUT2D eigenvalue weighted by molar-refractivity contribution is 6.34. The molecular weight excluding hydrogens is 272 g/mol. The van der Waals surface area contributed by atoms with Crippen molar-refractivity contribution in [2.45, 2.75) is 6.43 Å². The second-order valence-corrected chi connectivity index (χ2v) is 3.65. The molecule has 0 unspecified atom stereocenters. The largest absolute Gasteiger partial charge is 0.374 e. The van der Waals surface area contributed by atoms with E-state index in [1.165, 1.54) is 0 Å². The molecule has 0 aliphatic heterocycles. The quantitative estimate of drug-likeness (QED) is 0.636. The standard InChI is InChI=1S/C9H8ClF2N3O3/c10-5-2-6(14-3-8(11)12)7(15(17)18)1-4(5)9(13)16/h1-2,8,14H,3H2,(H2,13,16). The zero-order chi connectivity index (χ0) is 13.9. The maximum absolute atomic E-state index is 12.0. The number of anilines is 1. The third-order valence-corrected chi connectivity index (χ3v) is 2.31. The van der Waals surface area contributed by atoms with Gasteiger partial charge in [0.25, 0.3) is 12.1 Å². The summed E-state index contributed by atoms with van der Waals surface area (Å²) in [7, 11) is 0. The van der Waals surface area contributed by atoms with Gasteiger partial charge in [-0.15, -0.1) is 0 Å². The number of benzene rings is 1. The minimum Gasteiger partial charge on any atom is -0.374 e. The number of amides is 1. The van der Waals surface area contributed by atoms with Gasteiger partial charge in [0, 0.05) is 6.07 Å². The lowest BCUT2D eigenvalue weighted by atomic mass is 10.1. The molecule has 3 N–H and O–H groups in total. The first-order valence-electron chi connectivity index (χ1n) is 4.62. The van der Waals surface area contributed by atoms with Crippen LogP contribution in [0.15, 0.2) is 12.1 Å². The first kappa shape index (κ1) is 14.1. The Morgan fingerprint density at radius 1 is 1.56 bits per heavy atom. The van der Waals surface area contributed by atoms with Gasteiger partial charge in [-0.1, -0.05) is 11.6 Å². The minimum absolute atomic E-state index is 0.148. The molecule has 0 fully saturated rings. The summed E-state index contributed by atoms with van der Waals surface area (Å²) >= 11 is 5.67. The predicted octanol–water partition coefficient (Wildman–Crippen LogP) is 2.02. The van der Waals surface area contributed by atoms with Crippen LogP contribution < -0.4 is 11.1 Å². The smallest absolute Gasteiger partial charge is 0.293 e. The van der Waals surface area contributed by atoms with Crippen molar-refractivity contribution in [3.63, 3.8) is 0 Å². The number of nitrogens with one attached hydrogen (secondary N) is 1. The lowest BCUT2D eigenvalue weighted by Crippen LogP contribution is -2.15. The molecule has 0 bridgehead atoms. The third-order valence-electron chi connectivity index (χ3n) is 1.99. The van der Waals surface area contributed by atoms with Gasteiger partial charge < -0.3 is 11.1 Å². The van der Waals surface area contributed by atoms with E-state index in [4.69, 9.17) is 17.3 Å². The number of nitrogens with zero attached hydrogens (tertiary/aromatic N) is 1. The number of nitrogens with two attached hydrogens (primary N) is 1. The van der Waals surface area contributed by atoms with Gasteiger partial charge in [-0.2, -0.15) is 0 Å². The highest BCUT2D eigenvalue weighted by atomic mass is 35.5. The average Bonchev–Trinajstić information content (AvgIpc) is 2.25. The number of nitro groups is 1. The van der Waals surface area contributed by atoms with E-state index in [-0.39, 0.29) is 16.3 Å². The normalized spacial score (nSPS) is 10.4. The highest BCUT2D eigenvalue weighted by Gasteiger charge is 2.20. The fraction of sp³-hybridized carbons (Fsp3) is 0.222. The van der Waals surface area contributed by atoms with Crippen LogP contribution in [-0.4, -0.2) is 23.8 Å². The fourth-order valence-electron chi connectivity index (χ4n) is 1.23. The molecule has 0 radical (unpaired) electrons. The molecule has 18 heavy (non-hydrogen) atoms. The topological polar surface area (TPSA) is 98.3 Å². The van der Waals surface area contributed by atoms with Crippen LogP contribution in [0, 0.1) is 10.1 Å². The molecule has 0 heterocycles. The summed E-state index contributed by atoms with van der Waals surface area (Å²) in [6, 6.07) is 1.86. The number of hydrogen-bond donors (Lipinski definition) is 2. The number of hydrogen-bond acceptors (Lipinski definition) is 4. The van der Waals surface area contributed by atoms with Crippen molar-refractivity contribution < 1.29 is 18.5 Å². The second kappa shape index (κ2) is 5.58. The van der Waals surface area contributed by atoms with E-state index in [1.807, 2.05) is 0 Å². The molecule has 98 valence electrons. The van der Waals surface area contributed by atoms with Crippen LogP contribution in [0.3, 0.4) is 0 Å². The van der Waals surface area contributed by atoms with Crippen LogP contribution in [-0.2, 0) is 0 Å². The molecule has 6 nitrogen and oxygen atoms in total. The minimum atomic E-state index is -2.68. The van der Waals surface area contributed by atoms with Gasteiger partial charge in [-0.25, -0.2) is 8.78 Å². The van der Waals surface area contributed by atoms with Crippen LogP contribution >= 0.6 is 11.6 Å². The van der Waals surface area contributed by atoms with Gasteiger partial charge in [0.15, 0.2) is 0 Å². The van der Waals surface area contributed by atoms with Crippen LogP contribution in [0.4, 0.5) is 20.2 Å². The average molecular weight is 280 g/mol. The molecule has 0 atom stereocenters. The Bertz CT molecular complexity index is 496. The molecule has 1 amide bonds. The summed E-state index contributed by atoms with van der Waals surface area (Å²) < 4.78 is 24.0. The zero-order valence-corrected chi connectivity index (χ0v) is 9.58. The molecule has 9 heteroatoms. The molecule has 0 saturated carbocycles. The monoisotopic (exact) mass is 279 g/mol. The van der Waals surface area contributed by atoms with Crippen molar-refractivity contribution in [1.29, 1.82) is 0 Å². The summed E-state index contributed by atoms with van der Waals surface area (Å²) in [4.78, 5) is 20.9. The SMILES string of the molecule is NC(=O)c1cc([N+](=O)[O-])c(NCC(F)F)cc1Cl. The zero-order valence-electron chi connectivity index (χ0n) is 8.82. The first-order valence-corrected chi connectivity index (χ1v) is 5.00. The lowest BCUT2D eigenvalue weighted by Gasteiger charge is -2.08. The van der Waals surface area contributed by atoms with Crippen LogP contribution in [0.25, 0.3) is 0 Å². The Kier molecular flexibility index (Phi) is 4.38. The highest BCUT2D eigenvalue weighted by Crippen LogP contribution is 2.31. The molecule has 1 aromatic carbocycles. The van der Waals surface area contributed by atoms with E-state index < -0.39 is 29.5 Å². The summed E-state index contributed by atoms with van der Waals surface area (Å²) in [5.41, 5.74) is 3.98. The molecule has 0 aromatic heterocycles. The van der Waals surface area contributed by atoms with E-state index in [0.717, 1.165) is 12.1 Å². The van der Waals surface area contributed by atoms with Crippen molar-refractivity contribution in [2.24, 2.45) is 5.73 Å². The second-order valence-electron chi connectivity index (χ2n) is 3.24. The van der Waals surface area contributed by atoms with Crippen LogP contribution in [0.5, 0.6) is 0 Å². The summed E-state index contributed by atoms with van der Waals surface area (Å²) in [6.45, 7) is -0.771. The van der Waals surface area contributed by atoms with Gasteiger partial charge in [0.05, 0.1) is 22.1 Å². The summed E-state index contributed by atoms with van der Waals surface area (Å²) in [6.07, 6.45) is -2.68. The molecule has 0 aliphatic rings. The number of carbonyl (C=O) groups excluding carboxylic acids is 1. The Balaban J connectivity index is 3.20. The lowest BCUT2D eigenvalue weighted by molar-refractivity contribution is -0.384. The molecule has 1 aromatic rings. The molecule has 0 saturated heterocycles. The molecule has 0 aliphatic carbocycles. The van der Waals surface area contributed by atoms with Crippen LogP contribution in [0.2, 0.25) is 5.02 Å². The maximum Gasteiger partial charge on any atom is 0.293 e. The molecular formula is C9H8ClF2N3O3. The summed E-state index contributed by atoms with van der Waals surface area (Å²) in [5.74, 6) is -0.941. The van der Waals surface area contributed by atoms with Crippen molar-refractivity contribution in [2.75, 3.05) is 11.9 Å². The molecule has 1 rings (SSSR count). The van der Waals surface area contributed by atoms with Gasteiger partial charge in [0.1, 0.15) is 5.69 Å². The number of rotatable bonds is 5. The van der Waals surface area contributed by atoms with Crippen molar-refractivity contribution >= 4 is 28.9 Å². The number of carbonyl (C=O) groups is 1. The number of alkyl halides is 2. The van der Waals surface area contributed by atoms with Gasteiger partial charge in [-0.05, 0) is 6.07 Å². The number of primary amides is 1. The van der Waals surface area contributed by atoms with E-state index in [0.29, 0.717) is 0 Å². The van der Waals surface area contributed by atoms with E-state index >= 15 is 0 Å². The third kappa shape index (κ3) is 3.27. The van der Waals surface area contributed by atoms with E-state index in [2.05, 4.69) is 5.32 Å². The Hall–Kier alpha value is -1.96. The van der Waals surface area contributed by atoms with Gasteiger partial charge in [0.2, 0.25) is 5.91 Å². The van der Waals surface area contributed by atoms with Crippen molar-refractivity contribution in [3.05, 3.63) is 32.8 Å².